The fourth-order valence-electron chi connectivity index (χ4n) is 4.23. The Balaban J connectivity index is 1.65. The molecule has 2 atom stereocenters. The Kier molecular flexibility index (Phi) is 6.58. The monoisotopic (exact) mass is 388 g/mol. The quantitative estimate of drug-likeness (QED) is 0.813. The summed E-state index contributed by atoms with van der Waals surface area (Å²) < 4.78 is 0. The average molecular weight is 389 g/mol. The number of benzene rings is 1. The summed E-state index contributed by atoms with van der Waals surface area (Å²) in [5.41, 5.74) is 0.940. The lowest BCUT2D eigenvalue weighted by Crippen LogP contribution is -2.53. The van der Waals surface area contributed by atoms with Crippen molar-refractivity contribution < 1.29 is 14.4 Å². The minimum absolute atomic E-state index is 0.0614. The minimum atomic E-state index is -0.526. The third-order valence-corrected chi connectivity index (χ3v) is 6.59. The van der Waals surface area contributed by atoms with Crippen molar-refractivity contribution in [2.45, 2.75) is 75.1 Å². The van der Waals surface area contributed by atoms with Crippen molar-refractivity contribution in [1.29, 1.82) is 0 Å². The number of amides is 2. The van der Waals surface area contributed by atoms with Gasteiger partial charge < -0.3 is 10.6 Å². The van der Waals surface area contributed by atoms with E-state index in [-0.39, 0.29) is 22.5 Å². The van der Waals surface area contributed by atoms with Crippen LogP contribution in [0.4, 0.5) is 0 Å². The van der Waals surface area contributed by atoms with Gasteiger partial charge in [-0.3, -0.25) is 14.4 Å². The predicted octanol–water partition coefficient (Wildman–Crippen LogP) is 2.98. The van der Waals surface area contributed by atoms with E-state index in [1.54, 1.807) is 0 Å². The average Bonchev–Trinajstić information content (AvgIpc) is 3.02. The summed E-state index contributed by atoms with van der Waals surface area (Å²) in [5.74, 6) is -0.310. The molecule has 27 heavy (non-hydrogen) atoms. The molecule has 0 aromatic heterocycles. The Labute approximate surface area is 165 Å². The van der Waals surface area contributed by atoms with Crippen molar-refractivity contribution in [3.8, 4) is 0 Å². The van der Waals surface area contributed by atoms with Gasteiger partial charge in [0.15, 0.2) is 5.12 Å². The van der Waals surface area contributed by atoms with Crippen molar-refractivity contribution in [1.82, 2.24) is 10.6 Å². The molecule has 2 aliphatic rings. The number of hydrogen-bond donors (Lipinski definition) is 2. The maximum Gasteiger partial charge on any atom is 0.243 e. The fourth-order valence-corrected chi connectivity index (χ4v) is 5.08. The second-order valence-corrected chi connectivity index (χ2v) is 9.10. The lowest BCUT2D eigenvalue weighted by Gasteiger charge is -2.29. The van der Waals surface area contributed by atoms with Crippen molar-refractivity contribution in [3.63, 3.8) is 0 Å². The Morgan fingerprint density at radius 1 is 1.19 bits per heavy atom. The van der Waals surface area contributed by atoms with Crippen LogP contribution >= 0.6 is 11.8 Å². The van der Waals surface area contributed by atoms with Gasteiger partial charge in [-0.25, -0.2) is 0 Å². The van der Waals surface area contributed by atoms with E-state index < -0.39 is 11.3 Å². The lowest BCUT2D eigenvalue weighted by molar-refractivity contribution is -0.129. The predicted molar refractivity (Wildman–Crippen MR) is 107 cm³/mol. The molecule has 5 nitrogen and oxygen atoms in total. The van der Waals surface area contributed by atoms with Gasteiger partial charge in [-0.1, -0.05) is 54.9 Å². The summed E-state index contributed by atoms with van der Waals surface area (Å²) in [4.78, 5) is 37.2. The molecule has 0 radical (unpaired) electrons. The van der Waals surface area contributed by atoms with E-state index in [0.717, 1.165) is 55.9 Å². The van der Waals surface area contributed by atoms with Gasteiger partial charge in [0, 0.05) is 12.5 Å². The van der Waals surface area contributed by atoms with Gasteiger partial charge in [-0.15, -0.1) is 0 Å². The maximum absolute atomic E-state index is 12.9. The van der Waals surface area contributed by atoms with Crippen LogP contribution in [0.5, 0.6) is 0 Å². The first-order valence-electron chi connectivity index (χ1n) is 9.81. The summed E-state index contributed by atoms with van der Waals surface area (Å²) >= 11 is 1.03. The number of thioether (sulfide) groups is 1. The Bertz CT molecular complexity index is 686. The largest absolute Gasteiger partial charge is 0.349 e. The summed E-state index contributed by atoms with van der Waals surface area (Å²) in [6.07, 6.45) is 7.43. The number of carbonyl (C=O) groups is 3. The number of nitrogens with one attached hydrogen (secondary N) is 2. The molecule has 6 heteroatoms. The molecule has 1 unspecified atom stereocenters. The molecule has 2 fully saturated rings. The van der Waals surface area contributed by atoms with Crippen molar-refractivity contribution in [2.24, 2.45) is 0 Å². The second-order valence-electron chi connectivity index (χ2n) is 7.72. The summed E-state index contributed by atoms with van der Waals surface area (Å²) in [6.45, 7) is 1.47. The highest BCUT2D eigenvalue weighted by atomic mass is 32.2. The van der Waals surface area contributed by atoms with Gasteiger partial charge in [-0.05, 0) is 44.1 Å². The minimum Gasteiger partial charge on any atom is -0.349 e. The molecule has 1 saturated carbocycles. The van der Waals surface area contributed by atoms with E-state index in [9.17, 15) is 14.4 Å². The smallest absolute Gasteiger partial charge is 0.243 e. The zero-order valence-corrected chi connectivity index (χ0v) is 16.6. The molecular formula is C21H28N2O3S. The molecular weight excluding hydrogens is 360 g/mol. The molecule has 3 rings (SSSR count). The number of hydrogen-bond acceptors (Lipinski definition) is 4. The maximum atomic E-state index is 12.9. The van der Waals surface area contributed by atoms with E-state index >= 15 is 0 Å². The van der Waals surface area contributed by atoms with Crippen molar-refractivity contribution in [3.05, 3.63) is 35.9 Å². The highest BCUT2D eigenvalue weighted by Gasteiger charge is 2.39. The molecule has 1 aliphatic heterocycles. The molecule has 1 heterocycles. The van der Waals surface area contributed by atoms with Crippen molar-refractivity contribution >= 4 is 28.7 Å². The normalized spacial score (nSPS) is 22.7. The number of rotatable bonds is 5. The van der Waals surface area contributed by atoms with E-state index in [0.29, 0.717) is 12.8 Å². The van der Waals surface area contributed by atoms with Gasteiger partial charge in [0.25, 0.3) is 0 Å². The highest BCUT2D eigenvalue weighted by molar-refractivity contribution is 8.14. The lowest BCUT2D eigenvalue weighted by atomic mass is 9.92. The summed E-state index contributed by atoms with van der Waals surface area (Å²) in [6, 6.07) is 9.14. The molecule has 2 amide bonds. The zero-order valence-electron chi connectivity index (χ0n) is 15.8. The van der Waals surface area contributed by atoms with Crippen LogP contribution in [0, 0.1) is 0 Å². The molecule has 2 N–H and O–H groups in total. The first kappa shape index (κ1) is 19.9. The Morgan fingerprint density at radius 2 is 1.85 bits per heavy atom. The topological polar surface area (TPSA) is 75.3 Å². The van der Waals surface area contributed by atoms with E-state index in [1.807, 2.05) is 30.3 Å². The molecule has 1 aromatic carbocycles. The van der Waals surface area contributed by atoms with Crippen LogP contribution in [0.3, 0.4) is 0 Å². The van der Waals surface area contributed by atoms with E-state index in [2.05, 4.69) is 10.6 Å². The van der Waals surface area contributed by atoms with Gasteiger partial charge in [-0.2, -0.15) is 0 Å². The number of carbonyl (C=O) groups excluding carboxylic acids is 3. The summed E-state index contributed by atoms with van der Waals surface area (Å²) in [5, 5.41) is 5.51. The van der Waals surface area contributed by atoms with E-state index in [4.69, 9.17) is 0 Å². The van der Waals surface area contributed by atoms with Crippen LogP contribution in [0.15, 0.2) is 30.3 Å². The molecule has 1 spiro atoms. The third kappa shape index (κ3) is 5.34. The molecule has 0 bridgehead atoms. The molecule has 1 aliphatic carbocycles. The van der Waals surface area contributed by atoms with Crippen molar-refractivity contribution in [2.75, 3.05) is 0 Å². The van der Waals surface area contributed by atoms with Crippen LogP contribution in [0.2, 0.25) is 0 Å². The van der Waals surface area contributed by atoms with Crippen LogP contribution in [-0.4, -0.2) is 33.8 Å². The fraction of sp³-hybridized carbons (Fsp3) is 0.571. The SMILES string of the molecule is CC(=O)S[C@@H](Cc1ccccc1)C(=O)NC1CCCC2(CCCC2)NC1=O. The second kappa shape index (κ2) is 8.91. The molecule has 1 aromatic rings. The first-order chi connectivity index (χ1) is 13.0. The zero-order chi connectivity index (χ0) is 19.3. The molecule has 146 valence electrons. The third-order valence-electron chi connectivity index (χ3n) is 5.59. The van der Waals surface area contributed by atoms with Crippen LogP contribution in [0.25, 0.3) is 0 Å². The van der Waals surface area contributed by atoms with Gasteiger partial charge >= 0.3 is 0 Å². The van der Waals surface area contributed by atoms with Crippen LogP contribution in [0.1, 0.15) is 57.4 Å². The highest BCUT2D eigenvalue weighted by Crippen LogP contribution is 2.35. The van der Waals surface area contributed by atoms with E-state index in [1.165, 1.54) is 6.92 Å². The van der Waals surface area contributed by atoms with Gasteiger partial charge in [0.2, 0.25) is 11.8 Å². The molecule has 1 saturated heterocycles. The standard InChI is InChI=1S/C21H28N2O3S/c1-15(24)27-18(14-16-8-3-2-4-9-16)20(26)22-17-10-7-13-21(23-19(17)25)11-5-6-12-21/h2-4,8-9,17-18H,5-7,10-14H2,1H3,(H,22,26)(H,23,25)/t17?,18-/m0/s1. The van der Waals surface area contributed by atoms with Crippen LogP contribution < -0.4 is 10.6 Å². The van der Waals surface area contributed by atoms with Crippen LogP contribution in [-0.2, 0) is 20.8 Å². The van der Waals surface area contributed by atoms with Gasteiger partial charge in [0.05, 0.1) is 5.25 Å². The van der Waals surface area contributed by atoms with Gasteiger partial charge in [0.1, 0.15) is 6.04 Å². The first-order valence-corrected chi connectivity index (χ1v) is 10.7. The Morgan fingerprint density at radius 3 is 2.52 bits per heavy atom. The Hall–Kier alpha value is -1.82. The summed E-state index contributed by atoms with van der Waals surface area (Å²) in [7, 11) is 0.